The van der Waals surface area contributed by atoms with Crippen LogP contribution in [0.4, 0.5) is 5.69 Å². The fourth-order valence-corrected chi connectivity index (χ4v) is 2.61. The van der Waals surface area contributed by atoms with Crippen molar-refractivity contribution < 1.29 is 0 Å². The number of nitrogens with zero attached hydrogens (tertiary/aromatic N) is 2. The van der Waals surface area contributed by atoms with Crippen molar-refractivity contribution in [2.75, 3.05) is 45.7 Å². The molecule has 0 atom stereocenters. The van der Waals surface area contributed by atoms with Gasteiger partial charge in [-0.25, -0.2) is 0 Å². The van der Waals surface area contributed by atoms with Crippen LogP contribution in [-0.4, -0.2) is 45.7 Å². The van der Waals surface area contributed by atoms with Gasteiger partial charge in [0.15, 0.2) is 0 Å². The molecule has 1 aromatic carbocycles. The molecule has 0 bridgehead atoms. The van der Waals surface area contributed by atoms with Crippen molar-refractivity contribution in [3.05, 3.63) is 29.3 Å². The van der Waals surface area contributed by atoms with Crippen LogP contribution in [0.25, 0.3) is 0 Å². The maximum absolute atomic E-state index is 3.44. The van der Waals surface area contributed by atoms with E-state index in [1.54, 1.807) is 5.56 Å². The Hall–Kier alpha value is -1.06. The van der Waals surface area contributed by atoms with Gasteiger partial charge in [0.25, 0.3) is 0 Å². The van der Waals surface area contributed by atoms with Crippen LogP contribution in [0.1, 0.15) is 17.5 Å². The van der Waals surface area contributed by atoms with Crippen LogP contribution in [0.5, 0.6) is 0 Å². The van der Waals surface area contributed by atoms with Gasteiger partial charge in [-0.2, -0.15) is 0 Å². The average molecular weight is 247 g/mol. The van der Waals surface area contributed by atoms with Gasteiger partial charge in [0.1, 0.15) is 0 Å². The third-order valence-corrected chi connectivity index (χ3v) is 3.63. The molecular formula is C15H25N3. The van der Waals surface area contributed by atoms with Crippen LogP contribution in [-0.2, 0) is 13.0 Å². The summed E-state index contributed by atoms with van der Waals surface area (Å²) in [5, 5.41) is 3.44. The van der Waals surface area contributed by atoms with Crippen LogP contribution in [0.3, 0.4) is 0 Å². The molecule has 0 aromatic heterocycles. The van der Waals surface area contributed by atoms with Crippen LogP contribution < -0.4 is 10.2 Å². The molecule has 3 nitrogen and oxygen atoms in total. The largest absolute Gasteiger partial charge is 0.374 e. The zero-order valence-corrected chi connectivity index (χ0v) is 11.9. The molecule has 1 aromatic rings. The van der Waals surface area contributed by atoms with Crippen molar-refractivity contribution in [3.8, 4) is 0 Å². The topological polar surface area (TPSA) is 18.5 Å². The summed E-state index contributed by atoms with van der Waals surface area (Å²) < 4.78 is 0. The lowest BCUT2D eigenvalue weighted by atomic mass is 9.98. The van der Waals surface area contributed by atoms with Crippen LogP contribution in [0.2, 0.25) is 0 Å². The summed E-state index contributed by atoms with van der Waals surface area (Å²) in [6.07, 6.45) is 2.37. The van der Waals surface area contributed by atoms with Gasteiger partial charge in [0.2, 0.25) is 0 Å². The Kier molecular flexibility index (Phi) is 4.61. The van der Waals surface area contributed by atoms with Crippen molar-refractivity contribution >= 4 is 5.69 Å². The van der Waals surface area contributed by atoms with Crippen LogP contribution in [0.15, 0.2) is 18.2 Å². The summed E-state index contributed by atoms with van der Waals surface area (Å²) in [6, 6.07) is 6.70. The molecule has 1 N–H and O–H groups in total. The quantitative estimate of drug-likeness (QED) is 0.855. The molecule has 0 amide bonds. The molecule has 0 saturated carbocycles. The highest BCUT2D eigenvalue weighted by Gasteiger charge is 2.14. The van der Waals surface area contributed by atoms with E-state index in [1.807, 2.05) is 0 Å². The van der Waals surface area contributed by atoms with Gasteiger partial charge in [0, 0.05) is 25.8 Å². The Labute approximate surface area is 111 Å². The van der Waals surface area contributed by atoms with Gasteiger partial charge in [-0.05, 0) is 57.2 Å². The Morgan fingerprint density at radius 2 is 2.00 bits per heavy atom. The zero-order chi connectivity index (χ0) is 13.0. The maximum Gasteiger partial charge on any atom is 0.0399 e. The van der Waals surface area contributed by atoms with Crippen molar-refractivity contribution in [1.29, 1.82) is 0 Å². The molecule has 0 radical (unpaired) electrons. The minimum atomic E-state index is 1.02. The number of rotatable bonds is 5. The molecule has 100 valence electrons. The summed E-state index contributed by atoms with van der Waals surface area (Å²) in [6.45, 7) is 4.41. The number of anilines is 1. The number of nitrogens with one attached hydrogen (secondary N) is 1. The van der Waals surface area contributed by atoms with Gasteiger partial charge in [-0.15, -0.1) is 0 Å². The fraction of sp³-hybridized carbons (Fsp3) is 0.600. The molecule has 0 saturated heterocycles. The summed E-state index contributed by atoms with van der Waals surface area (Å²) >= 11 is 0. The first kappa shape index (κ1) is 13.4. The van der Waals surface area contributed by atoms with E-state index >= 15 is 0 Å². The molecule has 18 heavy (non-hydrogen) atoms. The molecule has 1 heterocycles. The molecule has 0 aliphatic carbocycles. The van der Waals surface area contributed by atoms with E-state index in [4.69, 9.17) is 0 Å². The van der Waals surface area contributed by atoms with Gasteiger partial charge >= 0.3 is 0 Å². The van der Waals surface area contributed by atoms with E-state index in [-0.39, 0.29) is 0 Å². The minimum absolute atomic E-state index is 1.02. The molecule has 0 unspecified atom stereocenters. The van der Waals surface area contributed by atoms with Crippen molar-refractivity contribution in [1.82, 2.24) is 10.2 Å². The van der Waals surface area contributed by atoms with E-state index < -0.39 is 0 Å². The van der Waals surface area contributed by atoms with E-state index in [9.17, 15) is 0 Å². The lowest BCUT2D eigenvalue weighted by molar-refractivity contribution is 0.401. The Bertz CT molecular complexity index is 387. The van der Waals surface area contributed by atoms with E-state index in [0.717, 1.165) is 32.6 Å². The van der Waals surface area contributed by atoms with E-state index in [1.165, 1.54) is 17.7 Å². The molecule has 0 spiro atoms. The van der Waals surface area contributed by atoms with Gasteiger partial charge in [-0.3, -0.25) is 0 Å². The number of hydrogen-bond donors (Lipinski definition) is 1. The standard InChI is InChI=1S/C15H25N3/c1-17(2)10-5-11-18(3)15-7-4-6-13-12-16-9-8-14(13)15/h4,6-7,16H,5,8-12H2,1-3H3. The average Bonchev–Trinajstić information content (AvgIpc) is 2.37. The summed E-state index contributed by atoms with van der Waals surface area (Å²) in [7, 11) is 6.49. The third kappa shape index (κ3) is 3.24. The maximum atomic E-state index is 3.44. The second-order valence-electron chi connectivity index (χ2n) is 5.42. The molecule has 2 rings (SSSR count). The first-order valence-electron chi connectivity index (χ1n) is 6.86. The fourth-order valence-electron chi connectivity index (χ4n) is 2.61. The number of benzene rings is 1. The monoisotopic (exact) mass is 247 g/mol. The predicted molar refractivity (Wildman–Crippen MR) is 78.3 cm³/mol. The van der Waals surface area contributed by atoms with Gasteiger partial charge in [0.05, 0.1) is 0 Å². The molecule has 1 aliphatic heterocycles. The van der Waals surface area contributed by atoms with Crippen molar-refractivity contribution in [2.24, 2.45) is 0 Å². The Balaban J connectivity index is 2.03. The minimum Gasteiger partial charge on any atom is -0.374 e. The highest BCUT2D eigenvalue weighted by molar-refractivity contribution is 5.57. The smallest absolute Gasteiger partial charge is 0.0399 e. The highest BCUT2D eigenvalue weighted by atomic mass is 15.1. The molecular weight excluding hydrogens is 222 g/mol. The van der Waals surface area contributed by atoms with Crippen molar-refractivity contribution in [2.45, 2.75) is 19.4 Å². The number of hydrogen-bond acceptors (Lipinski definition) is 3. The lowest BCUT2D eigenvalue weighted by Gasteiger charge is -2.27. The summed E-state index contributed by atoms with van der Waals surface area (Å²) in [4.78, 5) is 4.66. The molecule has 1 aliphatic rings. The van der Waals surface area contributed by atoms with Crippen LogP contribution in [0, 0.1) is 0 Å². The Morgan fingerprint density at radius 3 is 2.78 bits per heavy atom. The predicted octanol–water partition coefficient (Wildman–Crippen LogP) is 1.72. The molecule has 3 heteroatoms. The van der Waals surface area contributed by atoms with E-state index in [2.05, 4.69) is 54.5 Å². The summed E-state index contributed by atoms with van der Waals surface area (Å²) in [5.74, 6) is 0. The lowest BCUT2D eigenvalue weighted by Crippen LogP contribution is -2.28. The van der Waals surface area contributed by atoms with Gasteiger partial charge in [-0.1, -0.05) is 12.1 Å². The molecule has 0 fully saturated rings. The normalized spacial score (nSPS) is 14.7. The first-order chi connectivity index (χ1) is 8.68. The van der Waals surface area contributed by atoms with Crippen molar-refractivity contribution in [3.63, 3.8) is 0 Å². The van der Waals surface area contributed by atoms with Crippen LogP contribution >= 0.6 is 0 Å². The third-order valence-electron chi connectivity index (χ3n) is 3.63. The first-order valence-corrected chi connectivity index (χ1v) is 6.86. The second-order valence-corrected chi connectivity index (χ2v) is 5.42. The van der Waals surface area contributed by atoms with E-state index in [0.29, 0.717) is 0 Å². The number of fused-ring (bicyclic) bond motifs is 1. The SMILES string of the molecule is CN(C)CCCN(C)c1cccc2c1CCNC2. The second kappa shape index (κ2) is 6.21. The van der Waals surface area contributed by atoms with Gasteiger partial charge < -0.3 is 15.1 Å². The summed E-state index contributed by atoms with van der Waals surface area (Å²) in [5.41, 5.74) is 4.44. The highest BCUT2D eigenvalue weighted by Crippen LogP contribution is 2.25. The zero-order valence-electron chi connectivity index (χ0n) is 11.9. The Morgan fingerprint density at radius 1 is 1.17 bits per heavy atom.